The number of rotatable bonds is 5. The molecule has 0 radical (unpaired) electrons. The van der Waals surface area contributed by atoms with Crippen LogP contribution in [0.4, 0.5) is 23.8 Å². The van der Waals surface area contributed by atoms with Crippen LogP contribution in [0.5, 0.6) is 0 Å². The van der Waals surface area contributed by atoms with Gasteiger partial charge >= 0.3 is 12.3 Å². The number of anilines is 1. The summed E-state index contributed by atoms with van der Waals surface area (Å²) in [5.41, 5.74) is 1.86. The molecule has 0 aliphatic carbocycles. The number of alkyl halides is 3. The minimum Gasteiger partial charge on any atom is -0.444 e. The zero-order chi connectivity index (χ0) is 30.2. The first-order chi connectivity index (χ1) is 19.8. The van der Waals surface area contributed by atoms with Crippen molar-refractivity contribution < 1.29 is 22.7 Å². The Kier molecular flexibility index (Phi) is 7.87. The monoisotopic (exact) mass is 580 g/mol. The Morgan fingerprint density at radius 3 is 2.48 bits per heavy atom. The number of amides is 1. The van der Waals surface area contributed by atoms with E-state index in [2.05, 4.69) is 20.4 Å². The van der Waals surface area contributed by atoms with Crippen molar-refractivity contribution in [3.63, 3.8) is 0 Å². The van der Waals surface area contributed by atoms with E-state index in [1.54, 1.807) is 24.8 Å². The van der Waals surface area contributed by atoms with E-state index in [1.165, 1.54) is 6.07 Å². The molecule has 0 bridgehead atoms. The van der Waals surface area contributed by atoms with E-state index in [0.29, 0.717) is 30.3 Å². The Morgan fingerprint density at radius 2 is 1.79 bits per heavy atom. The van der Waals surface area contributed by atoms with E-state index in [4.69, 9.17) is 4.74 Å². The lowest BCUT2D eigenvalue weighted by atomic mass is 10.0. The minimum atomic E-state index is -4.41. The summed E-state index contributed by atoms with van der Waals surface area (Å²) < 4.78 is 47.3. The summed E-state index contributed by atoms with van der Waals surface area (Å²) in [6, 6.07) is 10.9. The van der Waals surface area contributed by atoms with Crippen molar-refractivity contribution in [3.8, 4) is 11.1 Å². The Bertz CT molecular complexity index is 1590. The molecule has 1 atom stereocenters. The number of likely N-dealkylation sites (tertiary alicyclic amines) is 1. The molecule has 1 aliphatic rings. The van der Waals surface area contributed by atoms with Gasteiger partial charge in [0.2, 0.25) is 0 Å². The van der Waals surface area contributed by atoms with E-state index in [-0.39, 0.29) is 12.1 Å². The summed E-state index contributed by atoms with van der Waals surface area (Å²) in [5, 5.41) is 8.68. The van der Waals surface area contributed by atoms with Crippen molar-refractivity contribution in [3.05, 3.63) is 71.8 Å². The van der Waals surface area contributed by atoms with Gasteiger partial charge in [-0.2, -0.15) is 18.3 Å². The molecule has 5 rings (SSSR count). The fourth-order valence-electron chi connectivity index (χ4n) is 5.13. The molecule has 2 aromatic heterocycles. The summed E-state index contributed by atoms with van der Waals surface area (Å²) in [6.07, 6.45) is 0.654. The molecular weight excluding hydrogens is 545 g/mol. The molecule has 1 fully saturated rings. The van der Waals surface area contributed by atoms with Crippen LogP contribution in [0.3, 0.4) is 0 Å². The van der Waals surface area contributed by atoms with Crippen LogP contribution >= 0.6 is 0 Å². The third kappa shape index (κ3) is 6.66. The molecule has 11 heteroatoms. The Balaban J connectivity index is 1.34. The first kappa shape index (κ1) is 29.3. The highest BCUT2D eigenvalue weighted by Gasteiger charge is 2.31. The summed E-state index contributed by atoms with van der Waals surface area (Å²) in [7, 11) is 0. The topological polar surface area (TPSA) is 85.2 Å². The standard InChI is InChI=1S/C31H35F3N6O2/c1-19(21-7-6-8-24(15-21)31(32,33)34)36-28-26-16-22(9-10-27(26)37-20(2)38-28)23-17-35-40(18-23)25-11-13-39(14-12-25)29(41)42-30(3,4)5/h6-10,15-19,25H,11-14H2,1-5H3,(H,36,37,38)/t19-/m1/s1. The van der Waals surface area contributed by atoms with Crippen molar-refractivity contribution in [2.75, 3.05) is 18.4 Å². The van der Waals surface area contributed by atoms with Gasteiger partial charge in [-0.05, 0) is 82.9 Å². The maximum atomic E-state index is 13.3. The van der Waals surface area contributed by atoms with Gasteiger partial charge < -0.3 is 15.0 Å². The molecule has 1 N–H and O–H groups in total. The average Bonchev–Trinajstić information content (AvgIpc) is 3.42. The van der Waals surface area contributed by atoms with Crippen LogP contribution in [0.25, 0.3) is 22.0 Å². The lowest BCUT2D eigenvalue weighted by Crippen LogP contribution is -2.42. The number of halogens is 3. The number of benzene rings is 2. The number of hydrogen-bond acceptors (Lipinski definition) is 6. The number of aryl methyl sites for hydroxylation is 1. The van der Waals surface area contributed by atoms with Crippen LogP contribution in [0, 0.1) is 6.92 Å². The van der Waals surface area contributed by atoms with Crippen LogP contribution in [-0.4, -0.2) is 49.4 Å². The molecule has 0 spiro atoms. The van der Waals surface area contributed by atoms with E-state index < -0.39 is 23.4 Å². The number of aromatic nitrogens is 4. The quantitative estimate of drug-likeness (QED) is 0.262. The number of nitrogens with zero attached hydrogens (tertiary/aromatic N) is 5. The third-order valence-electron chi connectivity index (χ3n) is 7.30. The highest BCUT2D eigenvalue weighted by Crippen LogP contribution is 2.33. The van der Waals surface area contributed by atoms with Crippen molar-refractivity contribution in [1.29, 1.82) is 0 Å². The second-order valence-electron chi connectivity index (χ2n) is 11.7. The molecule has 1 saturated heterocycles. The normalized spacial score (nSPS) is 15.6. The van der Waals surface area contributed by atoms with Gasteiger partial charge in [-0.3, -0.25) is 4.68 Å². The molecular formula is C31H35F3N6O2. The first-order valence-corrected chi connectivity index (χ1v) is 14.0. The molecule has 3 heterocycles. The number of carbonyl (C=O) groups excluding carboxylic acids is 1. The summed E-state index contributed by atoms with van der Waals surface area (Å²) in [5.74, 6) is 1.10. The first-order valence-electron chi connectivity index (χ1n) is 14.0. The predicted octanol–water partition coefficient (Wildman–Crippen LogP) is 7.57. The molecule has 0 saturated carbocycles. The van der Waals surface area contributed by atoms with E-state index in [9.17, 15) is 18.0 Å². The second-order valence-corrected chi connectivity index (χ2v) is 11.7. The molecule has 4 aromatic rings. The van der Waals surface area contributed by atoms with E-state index in [0.717, 1.165) is 47.0 Å². The Labute approximate surface area is 242 Å². The smallest absolute Gasteiger partial charge is 0.416 e. The predicted molar refractivity (Wildman–Crippen MR) is 155 cm³/mol. The van der Waals surface area contributed by atoms with Gasteiger partial charge in [0.1, 0.15) is 17.2 Å². The molecule has 1 amide bonds. The number of fused-ring (bicyclic) bond motifs is 1. The summed E-state index contributed by atoms with van der Waals surface area (Å²) in [4.78, 5) is 23.3. The van der Waals surface area contributed by atoms with Gasteiger partial charge in [-0.15, -0.1) is 0 Å². The molecule has 42 heavy (non-hydrogen) atoms. The zero-order valence-electron chi connectivity index (χ0n) is 24.4. The van der Waals surface area contributed by atoms with Crippen molar-refractivity contribution in [2.45, 2.75) is 71.3 Å². The second kappa shape index (κ2) is 11.3. The molecule has 2 aromatic carbocycles. The number of piperidine rings is 1. The fraction of sp³-hybridized carbons (Fsp3) is 0.419. The Hall–Kier alpha value is -4.15. The van der Waals surface area contributed by atoms with Gasteiger partial charge in [0.15, 0.2) is 0 Å². The van der Waals surface area contributed by atoms with Crippen LogP contribution in [0.1, 0.15) is 69.6 Å². The van der Waals surface area contributed by atoms with Crippen LogP contribution in [0.2, 0.25) is 0 Å². The van der Waals surface area contributed by atoms with Gasteiger partial charge in [0.05, 0.1) is 23.3 Å². The highest BCUT2D eigenvalue weighted by atomic mass is 19.4. The average molecular weight is 581 g/mol. The molecule has 8 nitrogen and oxygen atoms in total. The number of ether oxygens (including phenoxy) is 1. The van der Waals surface area contributed by atoms with Crippen molar-refractivity contribution >= 4 is 22.8 Å². The fourth-order valence-corrected chi connectivity index (χ4v) is 5.13. The molecule has 0 unspecified atom stereocenters. The summed E-state index contributed by atoms with van der Waals surface area (Å²) in [6.45, 7) is 10.4. The van der Waals surface area contributed by atoms with Gasteiger partial charge in [0.25, 0.3) is 0 Å². The van der Waals surface area contributed by atoms with Crippen LogP contribution < -0.4 is 5.32 Å². The highest BCUT2D eigenvalue weighted by molar-refractivity contribution is 5.92. The largest absolute Gasteiger partial charge is 0.444 e. The SMILES string of the molecule is Cc1nc(N[C@H](C)c2cccc(C(F)(F)F)c2)c2cc(-c3cnn(C4CCN(C(=O)OC(C)(C)C)CC4)c3)ccc2n1. The van der Waals surface area contributed by atoms with E-state index in [1.807, 2.05) is 56.0 Å². The van der Waals surface area contributed by atoms with Gasteiger partial charge in [0, 0.05) is 36.3 Å². The number of nitrogens with one attached hydrogen (secondary N) is 1. The maximum Gasteiger partial charge on any atom is 0.416 e. The number of hydrogen-bond donors (Lipinski definition) is 1. The third-order valence-corrected chi connectivity index (χ3v) is 7.30. The van der Waals surface area contributed by atoms with Gasteiger partial charge in [-0.25, -0.2) is 14.8 Å². The van der Waals surface area contributed by atoms with Gasteiger partial charge in [-0.1, -0.05) is 18.2 Å². The molecule has 1 aliphatic heterocycles. The van der Waals surface area contributed by atoms with Crippen molar-refractivity contribution in [1.82, 2.24) is 24.6 Å². The van der Waals surface area contributed by atoms with Crippen LogP contribution in [-0.2, 0) is 10.9 Å². The van der Waals surface area contributed by atoms with E-state index >= 15 is 0 Å². The molecule has 222 valence electrons. The lowest BCUT2D eigenvalue weighted by molar-refractivity contribution is -0.137. The summed E-state index contributed by atoms with van der Waals surface area (Å²) >= 11 is 0. The lowest BCUT2D eigenvalue weighted by Gasteiger charge is -2.33. The number of carbonyl (C=O) groups is 1. The maximum absolute atomic E-state index is 13.3. The van der Waals surface area contributed by atoms with Crippen molar-refractivity contribution in [2.24, 2.45) is 0 Å². The Morgan fingerprint density at radius 1 is 1.05 bits per heavy atom. The minimum absolute atomic E-state index is 0.161. The van der Waals surface area contributed by atoms with Crippen LogP contribution in [0.15, 0.2) is 54.9 Å². The zero-order valence-corrected chi connectivity index (χ0v) is 24.4.